The molecule has 0 saturated carbocycles. The molecular weight excluding hydrogens is 304 g/mol. The van der Waals surface area contributed by atoms with Gasteiger partial charge in [0, 0.05) is 12.2 Å². The molecule has 2 aromatic rings. The van der Waals surface area contributed by atoms with Gasteiger partial charge in [0.1, 0.15) is 5.82 Å². The van der Waals surface area contributed by atoms with Gasteiger partial charge < -0.3 is 16.2 Å². The van der Waals surface area contributed by atoms with E-state index in [1.165, 1.54) is 5.56 Å². The van der Waals surface area contributed by atoms with Crippen LogP contribution in [0.2, 0.25) is 0 Å². The van der Waals surface area contributed by atoms with Gasteiger partial charge in [0.05, 0.1) is 12.6 Å². The lowest BCUT2D eigenvalue weighted by Crippen LogP contribution is -2.38. The van der Waals surface area contributed by atoms with Crippen LogP contribution in [-0.2, 0) is 13.0 Å². The molecule has 0 radical (unpaired) electrons. The van der Waals surface area contributed by atoms with E-state index in [1.807, 2.05) is 18.2 Å². The maximum absolute atomic E-state index is 9.79. The number of aromatic nitrogens is 3. The lowest BCUT2D eigenvalue weighted by molar-refractivity contribution is 0.0655. The number of anilines is 3. The molecule has 1 aromatic heterocycles. The molecule has 1 saturated heterocycles. The van der Waals surface area contributed by atoms with Crippen LogP contribution in [0.5, 0.6) is 0 Å². The number of nitrogens with two attached hydrogens (primary N) is 1. The molecule has 7 heteroatoms. The Morgan fingerprint density at radius 2 is 2.12 bits per heavy atom. The number of rotatable bonds is 5. The molecule has 1 aliphatic heterocycles. The molecule has 1 aromatic carbocycles. The smallest absolute Gasteiger partial charge is 0.232 e. The summed E-state index contributed by atoms with van der Waals surface area (Å²) in [5, 5.41) is 13.0. The van der Waals surface area contributed by atoms with Crippen molar-refractivity contribution in [1.82, 2.24) is 19.9 Å². The first kappa shape index (κ1) is 16.6. The van der Waals surface area contributed by atoms with Crippen molar-refractivity contribution in [2.75, 3.05) is 24.1 Å². The zero-order valence-electron chi connectivity index (χ0n) is 13.9. The molecule has 1 fully saturated rings. The molecule has 2 heterocycles. The minimum atomic E-state index is -0.271. The number of aliphatic hydroxyl groups is 1. The Morgan fingerprint density at radius 1 is 1.29 bits per heavy atom. The lowest BCUT2D eigenvalue weighted by Gasteiger charge is -2.29. The fraction of sp³-hybridized carbons (Fsp3) is 0.471. The Kier molecular flexibility index (Phi) is 5.22. The van der Waals surface area contributed by atoms with Crippen molar-refractivity contribution in [2.24, 2.45) is 0 Å². The van der Waals surface area contributed by atoms with Gasteiger partial charge >= 0.3 is 0 Å². The quantitative estimate of drug-likeness (QED) is 0.768. The van der Waals surface area contributed by atoms with E-state index in [1.54, 1.807) is 0 Å². The van der Waals surface area contributed by atoms with Crippen LogP contribution in [0.4, 0.5) is 17.6 Å². The molecule has 0 aliphatic carbocycles. The molecule has 3 rings (SSSR count). The van der Waals surface area contributed by atoms with Crippen LogP contribution in [-0.4, -0.2) is 44.2 Å². The van der Waals surface area contributed by atoms with Crippen molar-refractivity contribution in [2.45, 2.75) is 38.8 Å². The Balaban J connectivity index is 1.76. The third-order valence-electron chi connectivity index (χ3n) is 4.19. The van der Waals surface area contributed by atoms with Gasteiger partial charge in [-0.05, 0) is 37.4 Å². The molecule has 1 unspecified atom stereocenters. The summed E-state index contributed by atoms with van der Waals surface area (Å²) >= 11 is 0. The molecule has 128 valence electrons. The average Bonchev–Trinajstić information content (AvgIpc) is 2.55. The second kappa shape index (κ2) is 7.55. The van der Waals surface area contributed by atoms with Crippen molar-refractivity contribution in [1.29, 1.82) is 0 Å². The van der Waals surface area contributed by atoms with Gasteiger partial charge in [0.2, 0.25) is 11.9 Å². The highest BCUT2D eigenvalue weighted by Gasteiger charge is 2.19. The maximum Gasteiger partial charge on any atom is 0.232 e. The second-order valence-electron chi connectivity index (χ2n) is 6.10. The topological polar surface area (TPSA) is 100 Å². The highest BCUT2D eigenvalue weighted by Crippen LogP contribution is 2.20. The summed E-state index contributed by atoms with van der Waals surface area (Å²) in [6.45, 7) is 4.25. The maximum atomic E-state index is 9.79. The van der Waals surface area contributed by atoms with Crippen LogP contribution < -0.4 is 11.1 Å². The van der Waals surface area contributed by atoms with E-state index >= 15 is 0 Å². The van der Waals surface area contributed by atoms with Gasteiger partial charge in [-0.15, -0.1) is 0 Å². The summed E-state index contributed by atoms with van der Waals surface area (Å²) in [5.74, 6) is 1.28. The summed E-state index contributed by atoms with van der Waals surface area (Å²) < 4.78 is 0. The number of β-amino-alcohol motifs (C(OH)–C–C–N with tert-alkyl or cyclic N) is 1. The molecule has 0 amide bonds. The van der Waals surface area contributed by atoms with E-state index < -0.39 is 0 Å². The number of aryl methyl sites for hydroxylation is 1. The van der Waals surface area contributed by atoms with Crippen LogP contribution in [0, 0.1) is 0 Å². The molecule has 0 bridgehead atoms. The fourth-order valence-electron chi connectivity index (χ4n) is 3.01. The van der Waals surface area contributed by atoms with Crippen LogP contribution in [0.3, 0.4) is 0 Å². The summed E-state index contributed by atoms with van der Waals surface area (Å²) in [5.41, 5.74) is 8.01. The fourth-order valence-corrected chi connectivity index (χ4v) is 3.01. The predicted octanol–water partition coefficient (Wildman–Crippen LogP) is 1.72. The highest BCUT2D eigenvalue weighted by atomic mass is 16.3. The van der Waals surface area contributed by atoms with Crippen LogP contribution >= 0.6 is 0 Å². The minimum absolute atomic E-state index is 0.203. The first-order chi connectivity index (χ1) is 11.6. The summed E-state index contributed by atoms with van der Waals surface area (Å²) in [6.07, 6.45) is 2.49. The third-order valence-corrected chi connectivity index (χ3v) is 4.19. The van der Waals surface area contributed by atoms with Gasteiger partial charge in [0.15, 0.2) is 0 Å². The van der Waals surface area contributed by atoms with E-state index in [0.717, 1.165) is 31.5 Å². The van der Waals surface area contributed by atoms with Crippen LogP contribution in [0.15, 0.2) is 24.3 Å². The van der Waals surface area contributed by atoms with Crippen molar-refractivity contribution in [3.63, 3.8) is 0 Å². The Labute approximate surface area is 142 Å². The number of benzene rings is 1. The Morgan fingerprint density at radius 3 is 2.92 bits per heavy atom. The standard InChI is InChI=1S/C17H24N6O/c1-2-12-6-3-4-8-14(12)19-17-21-15(20-16(18)22-17)11-23-9-5-7-13(24)10-23/h3-4,6,8,13,24H,2,5,7,9-11H2,1H3,(H3,18,19,20,21,22). The molecule has 1 atom stereocenters. The Bertz CT molecular complexity index is 693. The largest absolute Gasteiger partial charge is 0.392 e. The number of nitrogens with zero attached hydrogens (tertiary/aromatic N) is 4. The number of likely N-dealkylation sites (tertiary alicyclic amines) is 1. The second-order valence-corrected chi connectivity index (χ2v) is 6.10. The normalized spacial score (nSPS) is 18.5. The van der Waals surface area contributed by atoms with Crippen LogP contribution in [0.1, 0.15) is 31.2 Å². The van der Waals surface area contributed by atoms with Gasteiger partial charge in [-0.2, -0.15) is 15.0 Å². The third kappa shape index (κ3) is 4.18. The molecule has 7 nitrogen and oxygen atoms in total. The monoisotopic (exact) mass is 328 g/mol. The number of aliphatic hydroxyl groups excluding tert-OH is 1. The Hall–Kier alpha value is -2.25. The first-order valence-corrected chi connectivity index (χ1v) is 8.40. The minimum Gasteiger partial charge on any atom is -0.392 e. The summed E-state index contributed by atoms with van der Waals surface area (Å²) in [6, 6.07) is 8.06. The molecule has 0 spiro atoms. The van der Waals surface area contributed by atoms with Gasteiger partial charge in [-0.25, -0.2) is 0 Å². The number of piperidine rings is 1. The first-order valence-electron chi connectivity index (χ1n) is 8.40. The van der Waals surface area contributed by atoms with Gasteiger partial charge in [0.25, 0.3) is 0 Å². The number of hydrogen-bond acceptors (Lipinski definition) is 7. The number of para-hydroxylation sites is 1. The molecule has 1 aliphatic rings. The summed E-state index contributed by atoms with van der Waals surface area (Å²) in [7, 11) is 0. The molecular formula is C17H24N6O. The number of hydrogen-bond donors (Lipinski definition) is 3. The zero-order valence-corrected chi connectivity index (χ0v) is 13.9. The van der Waals surface area contributed by atoms with Crippen LogP contribution in [0.25, 0.3) is 0 Å². The average molecular weight is 328 g/mol. The summed E-state index contributed by atoms with van der Waals surface area (Å²) in [4.78, 5) is 15.1. The van der Waals surface area contributed by atoms with E-state index in [-0.39, 0.29) is 12.1 Å². The van der Waals surface area contributed by atoms with Gasteiger partial charge in [-0.3, -0.25) is 4.90 Å². The highest BCUT2D eigenvalue weighted by molar-refractivity contribution is 5.58. The van der Waals surface area contributed by atoms with E-state index in [4.69, 9.17) is 5.73 Å². The van der Waals surface area contributed by atoms with E-state index in [0.29, 0.717) is 24.9 Å². The van der Waals surface area contributed by atoms with Crippen molar-refractivity contribution in [3.05, 3.63) is 35.7 Å². The predicted molar refractivity (Wildman–Crippen MR) is 93.9 cm³/mol. The molecule has 4 N–H and O–H groups in total. The lowest BCUT2D eigenvalue weighted by atomic mass is 10.1. The zero-order chi connectivity index (χ0) is 16.9. The number of nitrogens with one attached hydrogen (secondary N) is 1. The van der Waals surface area contributed by atoms with Crippen molar-refractivity contribution >= 4 is 17.6 Å². The molecule has 24 heavy (non-hydrogen) atoms. The van der Waals surface area contributed by atoms with Crippen molar-refractivity contribution in [3.8, 4) is 0 Å². The van der Waals surface area contributed by atoms with E-state index in [9.17, 15) is 5.11 Å². The SMILES string of the molecule is CCc1ccccc1Nc1nc(N)nc(CN2CCCC(O)C2)n1. The number of nitrogen functional groups attached to an aromatic ring is 1. The van der Waals surface area contributed by atoms with E-state index in [2.05, 4.69) is 38.2 Å². The van der Waals surface area contributed by atoms with Crippen molar-refractivity contribution < 1.29 is 5.11 Å². The van der Waals surface area contributed by atoms with Gasteiger partial charge in [-0.1, -0.05) is 25.1 Å².